The summed E-state index contributed by atoms with van der Waals surface area (Å²) in [5.41, 5.74) is 0.448. The molecule has 2 rings (SSSR count). The molecule has 0 unspecified atom stereocenters. The fraction of sp³-hybridized carbons (Fsp3) is 0.833. The van der Waals surface area contributed by atoms with E-state index in [0.717, 1.165) is 28.1 Å². The first-order valence-electron chi connectivity index (χ1n) is 6.34. The van der Waals surface area contributed by atoms with E-state index in [1.54, 1.807) is 11.5 Å². The lowest BCUT2D eigenvalue weighted by molar-refractivity contribution is 0.259. The van der Waals surface area contributed by atoms with Crippen molar-refractivity contribution in [3.05, 3.63) is 5.82 Å². The van der Waals surface area contributed by atoms with Crippen molar-refractivity contribution in [1.82, 2.24) is 9.36 Å². The van der Waals surface area contributed by atoms with Gasteiger partial charge in [0.05, 0.1) is 0 Å². The van der Waals surface area contributed by atoms with Crippen molar-refractivity contribution < 1.29 is 0 Å². The van der Waals surface area contributed by atoms with Crippen molar-refractivity contribution in [2.45, 2.75) is 49.8 Å². The first kappa shape index (κ1) is 13.7. The summed E-state index contributed by atoms with van der Waals surface area (Å²) in [4.78, 5) is 4.52. The number of hydrogen-bond donors (Lipinski definition) is 1. The summed E-state index contributed by atoms with van der Waals surface area (Å²) in [7, 11) is 0. The minimum atomic E-state index is 0.448. The normalized spacial score (nSPS) is 19.4. The zero-order chi connectivity index (χ0) is 12.1. The molecule has 0 bridgehead atoms. The number of aryl methyl sites for hydroxylation is 1. The summed E-state index contributed by atoms with van der Waals surface area (Å²) in [6.45, 7) is 2.10. The van der Waals surface area contributed by atoms with Gasteiger partial charge in [-0.25, -0.2) is 4.98 Å². The largest absolute Gasteiger partial charge is 0.213 e. The summed E-state index contributed by atoms with van der Waals surface area (Å²) in [5.74, 6) is 3.16. The molecule has 1 aliphatic rings. The third kappa shape index (κ3) is 3.61. The van der Waals surface area contributed by atoms with Crippen LogP contribution in [-0.4, -0.2) is 20.9 Å². The molecule has 0 saturated heterocycles. The van der Waals surface area contributed by atoms with E-state index in [1.165, 1.54) is 32.1 Å². The summed E-state index contributed by atoms with van der Waals surface area (Å²) in [6, 6.07) is 0. The van der Waals surface area contributed by atoms with Gasteiger partial charge in [-0.05, 0) is 35.5 Å². The van der Waals surface area contributed by atoms with Gasteiger partial charge in [-0.1, -0.05) is 37.9 Å². The van der Waals surface area contributed by atoms with Gasteiger partial charge in [-0.3, -0.25) is 0 Å². The third-order valence-corrected chi connectivity index (χ3v) is 6.41. The maximum atomic E-state index is 4.57. The van der Waals surface area contributed by atoms with Crippen molar-refractivity contribution in [2.24, 2.45) is 5.41 Å². The summed E-state index contributed by atoms with van der Waals surface area (Å²) >= 11 is 8.00. The molecule has 0 spiro atoms. The topological polar surface area (TPSA) is 25.8 Å². The van der Waals surface area contributed by atoms with Crippen LogP contribution in [0.3, 0.4) is 0 Å². The van der Waals surface area contributed by atoms with Crippen molar-refractivity contribution in [1.29, 1.82) is 0 Å². The zero-order valence-electron chi connectivity index (χ0n) is 10.3. The number of hydrogen-bond acceptors (Lipinski definition) is 5. The Morgan fingerprint density at radius 1 is 1.35 bits per heavy atom. The van der Waals surface area contributed by atoms with Crippen LogP contribution < -0.4 is 0 Å². The predicted octanol–water partition coefficient (Wildman–Crippen LogP) is 4.07. The summed E-state index contributed by atoms with van der Waals surface area (Å²) in [6.07, 6.45) is 7.76. The van der Waals surface area contributed by atoms with Gasteiger partial charge in [0.25, 0.3) is 0 Å². The minimum absolute atomic E-state index is 0.448. The second-order valence-corrected chi connectivity index (χ2v) is 7.13. The summed E-state index contributed by atoms with van der Waals surface area (Å²) in [5, 5.41) is 0. The average Bonchev–Trinajstić information content (AvgIpc) is 2.85. The molecule has 0 aromatic carbocycles. The van der Waals surface area contributed by atoms with Crippen molar-refractivity contribution in [3.8, 4) is 0 Å². The molecule has 17 heavy (non-hydrogen) atoms. The van der Waals surface area contributed by atoms with Crippen LogP contribution in [0.2, 0.25) is 0 Å². The van der Waals surface area contributed by atoms with E-state index in [1.807, 2.05) is 11.8 Å². The van der Waals surface area contributed by atoms with Crippen LogP contribution in [0.15, 0.2) is 4.34 Å². The van der Waals surface area contributed by atoms with E-state index < -0.39 is 0 Å². The molecular weight excluding hydrogens is 268 g/mol. The molecule has 96 valence electrons. The average molecular weight is 289 g/mol. The highest BCUT2D eigenvalue weighted by molar-refractivity contribution is 8.01. The van der Waals surface area contributed by atoms with Crippen LogP contribution in [-0.2, 0) is 6.42 Å². The van der Waals surface area contributed by atoms with Crippen molar-refractivity contribution in [3.63, 3.8) is 0 Å². The Labute approximate surface area is 118 Å². The Balaban J connectivity index is 1.90. The fourth-order valence-corrected chi connectivity index (χ4v) is 4.87. The van der Waals surface area contributed by atoms with E-state index in [2.05, 4.69) is 28.9 Å². The highest BCUT2D eigenvalue weighted by Crippen LogP contribution is 2.41. The van der Waals surface area contributed by atoms with Gasteiger partial charge in [-0.15, -0.1) is 0 Å². The Kier molecular flexibility index (Phi) is 5.18. The van der Waals surface area contributed by atoms with E-state index in [4.69, 9.17) is 0 Å². The molecule has 1 saturated carbocycles. The van der Waals surface area contributed by atoms with Gasteiger partial charge in [-0.2, -0.15) is 17.0 Å². The monoisotopic (exact) mass is 288 g/mol. The van der Waals surface area contributed by atoms with Gasteiger partial charge >= 0.3 is 0 Å². The van der Waals surface area contributed by atoms with Gasteiger partial charge in [0.2, 0.25) is 0 Å². The minimum Gasteiger partial charge on any atom is -0.213 e. The van der Waals surface area contributed by atoms with Crippen LogP contribution in [0.1, 0.15) is 44.9 Å². The number of rotatable bonds is 5. The molecule has 2 nitrogen and oxygen atoms in total. The Morgan fingerprint density at radius 3 is 2.71 bits per heavy atom. The number of thioether (sulfide) groups is 1. The van der Waals surface area contributed by atoms with E-state index in [-0.39, 0.29) is 0 Å². The Bertz CT molecular complexity index is 345. The van der Waals surface area contributed by atoms with Crippen LogP contribution >= 0.6 is 35.9 Å². The van der Waals surface area contributed by atoms with Crippen molar-refractivity contribution >= 4 is 35.9 Å². The van der Waals surface area contributed by atoms with Crippen LogP contribution in [0.25, 0.3) is 0 Å². The molecule has 1 aromatic rings. The standard InChI is InChI=1S/C12H20N2S3/c1-2-10-13-11(17-14-10)16-9-12(8-15)6-4-3-5-7-12/h15H,2-9H2,1H3. The third-order valence-electron chi connectivity index (χ3n) is 3.52. The molecule has 1 fully saturated rings. The molecule has 0 atom stereocenters. The molecule has 0 N–H and O–H groups in total. The molecule has 1 aromatic heterocycles. The van der Waals surface area contributed by atoms with E-state index >= 15 is 0 Å². The van der Waals surface area contributed by atoms with E-state index in [0.29, 0.717) is 5.41 Å². The molecule has 1 aliphatic carbocycles. The van der Waals surface area contributed by atoms with Crippen LogP contribution in [0, 0.1) is 5.41 Å². The number of aromatic nitrogens is 2. The highest BCUT2D eigenvalue weighted by Gasteiger charge is 2.31. The van der Waals surface area contributed by atoms with Gasteiger partial charge in [0, 0.05) is 12.2 Å². The lowest BCUT2D eigenvalue weighted by Gasteiger charge is -2.35. The second kappa shape index (κ2) is 6.43. The van der Waals surface area contributed by atoms with Crippen LogP contribution in [0.5, 0.6) is 0 Å². The van der Waals surface area contributed by atoms with E-state index in [9.17, 15) is 0 Å². The van der Waals surface area contributed by atoms with Crippen molar-refractivity contribution in [2.75, 3.05) is 11.5 Å². The lowest BCUT2D eigenvalue weighted by Crippen LogP contribution is -2.28. The number of nitrogens with zero attached hydrogens (tertiary/aromatic N) is 2. The maximum absolute atomic E-state index is 4.57. The smallest absolute Gasteiger partial charge is 0.170 e. The molecule has 0 aliphatic heterocycles. The maximum Gasteiger partial charge on any atom is 0.170 e. The molecule has 1 heterocycles. The van der Waals surface area contributed by atoms with Gasteiger partial charge < -0.3 is 0 Å². The van der Waals surface area contributed by atoms with Gasteiger partial charge in [0.1, 0.15) is 5.82 Å². The molecule has 0 amide bonds. The SMILES string of the molecule is CCc1nsc(SCC2(CS)CCCCC2)n1. The molecule has 5 heteroatoms. The highest BCUT2D eigenvalue weighted by atomic mass is 32.2. The molecular formula is C12H20N2S3. The lowest BCUT2D eigenvalue weighted by atomic mass is 9.77. The predicted molar refractivity (Wildman–Crippen MR) is 79.4 cm³/mol. The fourth-order valence-electron chi connectivity index (χ4n) is 2.30. The zero-order valence-corrected chi connectivity index (χ0v) is 12.8. The quantitative estimate of drug-likeness (QED) is 0.653. The number of thiol groups is 1. The van der Waals surface area contributed by atoms with Gasteiger partial charge in [0.15, 0.2) is 4.34 Å². The Morgan fingerprint density at radius 2 is 2.12 bits per heavy atom. The second-order valence-electron chi connectivity index (χ2n) is 4.84. The Hall–Kier alpha value is 0.260. The molecule has 0 radical (unpaired) electrons. The summed E-state index contributed by atoms with van der Waals surface area (Å²) < 4.78 is 5.47. The first-order valence-corrected chi connectivity index (χ1v) is 8.73. The van der Waals surface area contributed by atoms with Crippen LogP contribution in [0.4, 0.5) is 0 Å². The first-order chi connectivity index (χ1) is 8.28.